The Morgan fingerprint density at radius 1 is 1.27 bits per heavy atom. The van der Waals surface area contributed by atoms with Crippen LogP contribution in [0.2, 0.25) is 0 Å². The topological polar surface area (TPSA) is 74.3 Å². The molecule has 0 aromatic carbocycles. The highest BCUT2D eigenvalue weighted by Crippen LogP contribution is 2.25. The molecule has 0 aliphatic heterocycles. The van der Waals surface area contributed by atoms with Gasteiger partial charge in [-0.3, -0.25) is 4.21 Å². The molecular formula is C5H9O4S2-. The van der Waals surface area contributed by atoms with Gasteiger partial charge >= 0.3 is 0 Å². The second-order valence-electron chi connectivity index (χ2n) is 2.60. The molecule has 1 atom stereocenters. The van der Waals surface area contributed by atoms with Gasteiger partial charge in [0.1, 0.15) is 0 Å². The SMILES string of the molecule is O=S([O-])S(=O)(=O)C1CCCC1. The van der Waals surface area contributed by atoms with Crippen LogP contribution in [0.5, 0.6) is 0 Å². The molecular weight excluding hydrogens is 188 g/mol. The van der Waals surface area contributed by atoms with Gasteiger partial charge < -0.3 is 4.55 Å². The normalized spacial score (nSPS) is 23.7. The minimum atomic E-state index is -3.86. The maximum absolute atomic E-state index is 10.9. The Labute approximate surface area is 67.6 Å². The third-order valence-electron chi connectivity index (χ3n) is 1.90. The molecule has 1 aliphatic rings. The molecule has 1 rings (SSSR count). The molecule has 0 spiro atoms. The van der Waals surface area contributed by atoms with Gasteiger partial charge in [-0.1, -0.05) is 12.8 Å². The van der Waals surface area contributed by atoms with Crippen LogP contribution in [0.1, 0.15) is 25.7 Å². The van der Waals surface area contributed by atoms with E-state index >= 15 is 0 Å². The predicted molar refractivity (Wildman–Crippen MR) is 40.1 cm³/mol. The molecule has 66 valence electrons. The first-order chi connectivity index (χ1) is 5.05. The van der Waals surface area contributed by atoms with Crippen LogP contribution >= 0.6 is 0 Å². The Kier molecular flexibility index (Phi) is 2.66. The van der Waals surface area contributed by atoms with Crippen molar-refractivity contribution in [2.45, 2.75) is 30.9 Å². The van der Waals surface area contributed by atoms with E-state index in [0.717, 1.165) is 12.8 Å². The van der Waals surface area contributed by atoms with Gasteiger partial charge in [0.25, 0.3) is 0 Å². The Balaban J connectivity index is 2.80. The van der Waals surface area contributed by atoms with Crippen molar-refractivity contribution in [3.8, 4) is 0 Å². The van der Waals surface area contributed by atoms with Gasteiger partial charge in [-0.25, -0.2) is 8.42 Å². The predicted octanol–water partition coefficient (Wildman–Crippen LogP) is 0.138. The van der Waals surface area contributed by atoms with Gasteiger partial charge in [0.2, 0.25) is 8.87 Å². The van der Waals surface area contributed by atoms with Crippen molar-refractivity contribution in [1.29, 1.82) is 0 Å². The first-order valence-corrected chi connectivity index (χ1v) is 6.52. The van der Waals surface area contributed by atoms with E-state index in [1.807, 2.05) is 0 Å². The van der Waals surface area contributed by atoms with Crippen molar-refractivity contribution in [3.05, 3.63) is 0 Å². The summed E-state index contributed by atoms with van der Waals surface area (Å²) in [6.07, 6.45) is 2.63. The van der Waals surface area contributed by atoms with Crippen LogP contribution in [0, 0.1) is 0 Å². The van der Waals surface area contributed by atoms with Crippen molar-refractivity contribution in [2.75, 3.05) is 0 Å². The monoisotopic (exact) mass is 197 g/mol. The molecule has 0 saturated heterocycles. The van der Waals surface area contributed by atoms with Crippen molar-refractivity contribution < 1.29 is 17.2 Å². The smallest absolute Gasteiger partial charge is 0.219 e. The molecule has 0 N–H and O–H groups in total. The first-order valence-electron chi connectivity index (χ1n) is 3.39. The summed E-state index contributed by atoms with van der Waals surface area (Å²) in [6.45, 7) is 0. The van der Waals surface area contributed by atoms with Gasteiger partial charge in [0.05, 0.1) is 15.4 Å². The Bertz CT molecular complexity index is 250. The van der Waals surface area contributed by atoms with Gasteiger partial charge in [0.15, 0.2) is 0 Å². The van der Waals surface area contributed by atoms with E-state index in [0.29, 0.717) is 12.8 Å². The molecule has 1 saturated carbocycles. The zero-order valence-electron chi connectivity index (χ0n) is 5.86. The molecule has 1 aliphatic carbocycles. The minimum Gasteiger partial charge on any atom is -0.760 e. The van der Waals surface area contributed by atoms with Crippen molar-refractivity contribution >= 4 is 19.0 Å². The summed E-state index contributed by atoms with van der Waals surface area (Å²) in [4.78, 5) is 0. The molecule has 0 amide bonds. The summed E-state index contributed by atoms with van der Waals surface area (Å²) >= 11 is 0. The molecule has 0 aromatic heterocycles. The van der Waals surface area contributed by atoms with E-state index < -0.39 is 24.2 Å². The van der Waals surface area contributed by atoms with Crippen LogP contribution in [-0.2, 0) is 19.0 Å². The third kappa shape index (κ3) is 1.80. The molecule has 0 bridgehead atoms. The maximum Gasteiger partial charge on any atom is 0.219 e. The molecule has 0 aromatic rings. The van der Waals surface area contributed by atoms with Crippen LogP contribution in [0.15, 0.2) is 0 Å². The third-order valence-corrected chi connectivity index (χ3v) is 5.52. The summed E-state index contributed by atoms with van der Waals surface area (Å²) in [6, 6.07) is 0. The lowest BCUT2D eigenvalue weighted by molar-refractivity contribution is 0.536. The highest BCUT2D eigenvalue weighted by atomic mass is 33.2. The fourth-order valence-corrected chi connectivity index (χ4v) is 3.67. The minimum absolute atomic E-state index is 0.496. The van der Waals surface area contributed by atoms with E-state index in [9.17, 15) is 17.2 Å². The average Bonchev–Trinajstić information content (AvgIpc) is 2.37. The Morgan fingerprint density at radius 2 is 1.73 bits per heavy atom. The molecule has 11 heavy (non-hydrogen) atoms. The standard InChI is InChI=1S/C5H10O4S2/c6-10(7)11(8,9)5-3-1-2-4-5/h5H,1-4H2,(H,6,7)/p-1. The van der Waals surface area contributed by atoms with Crippen LogP contribution in [0.4, 0.5) is 0 Å². The Hall–Kier alpha value is 0.0600. The van der Waals surface area contributed by atoms with Crippen molar-refractivity contribution in [3.63, 3.8) is 0 Å². The highest BCUT2D eigenvalue weighted by Gasteiger charge is 2.29. The Morgan fingerprint density at radius 3 is 2.09 bits per heavy atom. The van der Waals surface area contributed by atoms with Gasteiger partial charge in [-0.15, -0.1) is 0 Å². The molecule has 1 unspecified atom stereocenters. The largest absolute Gasteiger partial charge is 0.760 e. The van der Waals surface area contributed by atoms with E-state index in [1.54, 1.807) is 0 Å². The highest BCUT2D eigenvalue weighted by molar-refractivity contribution is 8.62. The fraction of sp³-hybridized carbons (Fsp3) is 1.00. The summed E-state index contributed by atoms with van der Waals surface area (Å²) in [5, 5.41) is -0.638. The van der Waals surface area contributed by atoms with Gasteiger partial charge in [0, 0.05) is 0 Å². The van der Waals surface area contributed by atoms with E-state index in [-0.39, 0.29) is 0 Å². The van der Waals surface area contributed by atoms with Crippen molar-refractivity contribution in [1.82, 2.24) is 0 Å². The summed E-state index contributed by atoms with van der Waals surface area (Å²) in [5.41, 5.74) is 0. The zero-order valence-corrected chi connectivity index (χ0v) is 7.49. The van der Waals surface area contributed by atoms with Crippen LogP contribution in [-0.4, -0.2) is 22.4 Å². The second kappa shape index (κ2) is 3.20. The van der Waals surface area contributed by atoms with E-state index in [1.165, 1.54) is 0 Å². The lowest BCUT2D eigenvalue weighted by Crippen LogP contribution is -2.21. The average molecular weight is 197 g/mol. The number of rotatable bonds is 2. The summed E-state index contributed by atoms with van der Waals surface area (Å²) in [7, 11) is -6.80. The van der Waals surface area contributed by atoms with Crippen molar-refractivity contribution in [2.24, 2.45) is 0 Å². The molecule has 1 fully saturated rings. The molecule has 6 heteroatoms. The van der Waals surface area contributed by atoms with Crippen LogP contribution in [0.25, 0.3) is 0 Å². The van der Waals surface area contributed by atoms with E-state index in [2.05, 4.69) is 0 Å². The van der Waals surface area contributed by atoms with Crippen LogP contribution < -0.4 is 0 Å². The van der Waals surface area contributed by atoms with Gasteiger partial charge in [-0.05, 0) is 12.8 Å². The maximum atomic E-state index is 10.9. The second-order valence-corrected chi connectivity index (χ2v) is 6.87. The molecule has 0 radical (unpaired) electrons. The quantitative estimate of drug-likeness (QED) is 0.466. The van der Waals surface area contributed by atoms with E-state index in [4.69, 9.17) is 0 Å². The lowest BCUT2D eigenvalue weighted by atomic mass is 10.4. The number of hydrogen-bond acceptors (Lipinski definition) is 4. The molecule has 4 nitrogen and oxygen atoms in total. The van der Waals surface area contributed by atoms with Crippen LogP contribution in [0.3, 0.4) is 0 Å². The summed E-state index contributed by atoms with van der Waals surface area (Å²) in [5.74, 6) is 0. The lowest BCUT2D eigenvalue weighted by Gasteiger charge is -2.11. The summed E-state index contributed by atoms with van der Waals surface area (Å²) < 4.78 is 42.3. The fourth-order valence-electron chi connectivity index (χ4n) is 1.29. The zero-order chi connectivity index (χ0) is 8.48. The first kappa shape index (κ1) is 9.15. The number of hydrogen-bond donors (Lipinski definition) is 0. The molecule has 0 heterocycles. The van der Waals surface area contributed by atoms with Gasteiger partial charge in [-0.2, -0.15) is 0 Å².